The maximum Gasteiger partial charge on any atom is 0.235 e. The number of hydrogen-bond donors (Lipinski definition) is 0. The van der Waals surface area contributed by atoms with Crippen LogP contribution in [0.15, 0.2) is 36.4 Å². The summed E-state index contributed by atoms with van der Waals surface area (Å²) in [5, 5.41) is 0. The quantitative estimate of drug-likeness (QED) is 0.0602. The van der Waals surface area contributed by atoms with Gasteiger partial charge in [0.15, 0.2) is 0 Å². The van der Waals surface area contributed by atoms with Gasteiger partial charge in [-0.1, -0.05) is 168 Å². The van der Waals surface area contributed by atoms with Gasteiger partial charge in [0.1, 0.15) is 0 Å². The molecule has 2 heterocycles. The van der Waals surface area contributed by atoms with Crippen molar-refractivity contribution in [3.8, 4) is 0 Å². The molecule has 0 saturated heterocycles. The lowest BCUT2D eigenvalue weighted by molar-refractivity contribution is -0.125. The van der Waals surface area contributed by atoms with E-state index in [9.17, 15) is 9.59 Å². The Morgan fingerprint density at radius 1 is 0.463 bits per heavy atom. The molecule has 0 spiro atoms. The van der Waals surface area contributed by atoms with Crippen molar-refractivity contribution in [3.05, 3.63) is 54.7 Å². The van der Waals surface area contributed by atoms with Crippen LogP contribution in [0.1, 0.15) is 205 Å². The molecule has 302 valence electrons. The van der Waals surface area contributed by atoms with Crippen LogP contribution in [0, 0.1) is 19.0 Å². The standard InChI is InChI=1S/C48H74I2N2O2/c1-5-9-13-17-19-23-27-37(25-21-15-11-7-3)35-51-43-33-39(49)29-31-41(43)45(47(51)53)46-42-32-30-40(50)34-44(42)52(48(46)54)36-38(26-22-16-12-8-4)28-24-20-18-14-10-6-2/h29-34,37-38,45-46H,5-28,35-36H2,1-4H3. The zero-order chi connectivity index (χ0) is 38.7. The predicted molar refractivity (Wildman–Crippen MR) is 249 cm³/mol. The Labute approximate surface area is 358 Å². The van der Waals surface area contributed by atoms with Gasteiger partial charge in [0.25, 0.3) is 0 Å². The molecule has 2 aromatic carbocycles. The zero-order valence-corrected chi connectivity index (χ0v) is 38.9. The lowest BCUT2D eigenvalue weighted by atomic mass is 9.83. The number of amides is 2. The Morgan fingerprint density at radius 3 is 1.09 bits per heavy atom. The summed E-state index contributed by atoms with van der Waals surface area (Å²) in [5.41, 5.74) is 4.21. The number of carbonyl (C=O) groups is 2. The molecule has 0 aliphatic carbocycles. The molecule has 6 heteroatoms. The molecule has 0 radical (unpaired) electrons. The van der Waals surface area contributed by atoms with Crippen LogP contribution in [0.5, 0.6) is 0 Å². The second kappa shape index (κ2) is 25.3. The molecule has 54 heavy (non-hydrogen) atoms. The number of nitrogens with zero attached hydrogens (tertiary/aromatic N) is 2. The van der Waals surface area contributed by atoms with Gasteiger partial charge in [-0.3, -0.25) is 9.59 Å². The van der Waals surface area contributed by atoms with E-state index in [4.69, 9.17) is 0 Å². The minimum atomic E-state index is -0.468. The van der Waals surface area contributed by atoms with Crippen LogP contribution >= 0.6 is 45.2 Å². The number of halogens is 2. The van der Waals surface area contributed by atoms with Crippen molar-refractivity contribution in [3.63, 3.8) is 0 Å². The van der Waals surface area contributed by atoms with Crippen molar-refractivity contribution in [1.82, 2.24) is 0 Å². The molecule has 0 saturated carbocycles. The molecule has 0 N–H and O–H groups in total. The molecule has 0 aromatic heterocycles. The van der Waals surface area contributed by atoms with Crippen molar-refractivity contribution in [1.29, 1.82) is 0 Å². The zero-order valence-electron chi connectivity index (χ0n) is 34.6. The molecule has 4 unspecified atom stereocenters. The molecule has 0 bridgehead atoms. The Kier molecular flexibility index (Phi) is 21.3. The minimum Gasteiger partial charge on any atom is -0.311 e. The van der Waals surface area contributed by atoms with Crippen molar-refractivity contribution in [2.45, 2.75) is 194 Å². The normalized spacial score (nSPS) is 17.7. The average molecular weight is 965 g/mol. The van der Waals surface area contributed by atoms with E-state index in [2.05, 4.69) is 119 Å². The van der Waals surface area contributed by atoms with Crippen LogP contribution < -0.4 is 9.80 Å². The van der Waals surface area contributed by atoms with Gasteiger partial charge in [0, 0.05) is 31.6 Å². The molecule has 4 nitrogen and oxygen atoms in total. The first kappa shape index (κ1) is 45.5. The average Bonchev–Trinajstić information content (AvgIpc) is 3.57. The second-order valence-electron chi connectivity index (χ2n) is 16.8. The highest BCUT2D eigenvalue weighted by Gasteiger charge is 2.51. The Balaban J connectivity index is 1.58. The molecule has 2 aliphatic rings. The third-order valence-corrected chi connectivity index (χ3v) is 13.7. The van der Waals surface area contributed by atoms with E-state index in [1.54, 1.807) is 0 Å². The van der Waals surface area contributed by atoms with Crippen LogP contribution in [0.3, 0.4) is 0 Å². The highest BCUT2D eigenvalue weighted by molar-refractivity contribution is 14.1. The fraction of sp³-hybridized carbons (Fsp3) is 0.708. The summed E-state index contributed by atoms with van der Waals surface area (Å²) >= 11 is 4.79. The molecule has 0 fully saturated rings. The fourth-order valence-electron chi connectivity index (χ4n) is 9.20. The van der Waals surface area contributed by atoms with E-state index in [-0.39, 0.29) is 11.8 Å². The Morgan fingerprint density at radius 2 is 0.759 bits per heavy atom. The highest BCUT2D eigenvalue weighted by atomic mass is 127. The SMILES string of the molecule is CCCCCCCCC(CCCCCC)CN1C(=O)C(C2C(=O)N(CC(CCCCCC)CCCCCCCC)c3cc(I)ccc32)c2ccc(I)cc21. The van der Waals surface area contributed by atoms with E-state index in [0.717, 1.165) is 42.7 Å². The topological polar surface area (TPSA) is 40.6 Å². The van der Waals surface area contributed by atoms with Crippen LogP contribution in [0.2, 0.25) is 0 Å². The first-order valence-corrected chi connectivity index (χ1v) is 24.7. The number of unbranched alkanes of at least 4 members (excludes halogenated alkanes) is 16. The van der Waals surface area contributed by atoms with Crippen LogP contribution in [0.25, 0.3) is 0 Å². The maximum absolute atomic E-state index is 15.0. The van der Waals surface area contributed by atoms with Crippen molar-refractivity contribution in [2.75, 3.05) is 22.9 Å². The van der Waals surface area contributed by atoms with E-state index in [1.807, 2.05) is 0 Å². The van der Waals surface area contributed by atoms with Gasteiger partial charge in [0.2, 0.25) is 11.8 Å². The van der Waals surface area contributed by atoms with Crippen LogP contribution in [-0.4, -0.2) is 24.9 Å². The number of fused-ring (bicyclic) bond motifs is 2. The van der Waals surface area contributed by atoms with Crippen molar-refractivity contribution in [2.24, 2.45) is 11.8 Å². The van der Waals surface area contributed by atoms with E-state index in [0.29, 0.717) is 11.8 Å². The van der Waals surface area contributed by atoms with E-state index in [1.165, 1.54) is 154 Å². The second-order valence-corrected chi connectivity index (χ2v) is 19.3. The summed E-state index contributed by atoms with van der Waals surface area (Å²) in [6, 6.07) is 13.0. The lowest BCUT2D eigenvalue weighted by Crippen LogP contribution is -2.39. The van der Waals surface area contributed by atoms with Gasteiger partial charge in [-0.15, -0.1) is 0 Å². The smallest absolute Gasteiger partial charge is 0.235 e. The third-order valence-electron chi connectivity index (χ3n) is 12.4. The summed E-state index contributed by atoms with van der Waals surface area (Å²) in [4.78, 5) is 34.2. The molecule has 2 aliphatic heterocycles. The first-order valence-electron chi connectivity index (χ1n) is 22.6. The Bertz CT molecular complexity index is 1310. The monoisotopic (exact) mass is 964 g/mol. The number of anilines is 2. The van der Waals surface area contributed by atoms with E-state index < -0.39 is 11.8 Å². The summed E-state index contributed by atoms with van der Waals surface area (Å²) in [6.45, 7) is 10.7. The summed E-state index contributed by atoms with van der Waals surface area (Å²) in [5.74, 6) is 0.320. The summed E-state index contributed by atoms with van der Waals surface area (Å²) in [6.07, 6.45) is 30.4. The van der Waals surface area contributed by atoms with Crippen molar-refractivity contribution >= 4 is 68.4 Å². The summed E-state index contributed by atoms with van der Waals surface area (Å²) in [7, 11) is 0. The molecule has 2 amide bonds. The van der Waals surface area contributed by atoms with Crippen LogP contribution in [0.4, 0.5) is 11.4 Å². The lowest BCUT2D eigenvalue weighted by Gasteiger charge is -2.27. The molecule has 4 rings (SSSR count). The van der Waals surface area contributed by atoms with Gasteiger partial charge in [-0.2, -0.15) is 0 Å². The summed E-state index contributed by atoms with van der Waals surface area (Å²) < 4.78 is 2.30. The number of rotatable bonds is 29. The van der Waals surface area contributed by atoms with Gasteiger partial charge in [-0.25, -0.2) is 0 Å². The number of benzene rings is 2. The molecule has 4 atom stereocenters. The van der Waals surface area contributed by atoms with Gasteiger partial charge in [0.05, 0.1) is 11.8 Å². The van der Waals surface area contributed by atoms with Crippen LogP contribution in [-0.2, 0) is 9.59 Å². The first-order chi connectivity index (χ1) is 26.3. The van der Waals surface area contributed by atoms with Gasteiger partial charge >= 0.3 is 0 Å². The largest absolute Gasteiger partial charge is 0.311 e. The minimum absolute atomic E-state index is 0.140. The molecular formula is C48H74I2N2O2. The van der Waals surface area contributed by atoms with Crippen molar-refractivity contribution < 1.29 is 9.59 Å². The highest BCUT2D eigenvalue weighted by Crippen LogP contribution is 2.52. The van der Waals surface area contributed by atoms with E-state index >= 15 is 0 Å². The predicted octanol–water partition coefficient (Wildman–Crippen LogP) is 15.1. The molecule has 2 aromatic rings. The maximum atomic E-state index is 15.0. The fourth-order valence-corrected chi connectivity index (χ4v) is 10.2. The number of hydrogen-bond acceptors (Lipinski definition) is 2. The Hall–Kier alpha value is -1.16. The van der Waals surface area contributed by atoms with Gasteiger partial charge in [-0.05, 0) is 118 Å². The molecular weight excluding hydrogens is 890 g/mol. The number of carbonyl (C=O) groups excluding carboxylic acids is 2. The van der Waals surface area contributed by atoms with Gasteiger partial charge < -0.3 is 9.80 Å². The third kappa shape index (κ3) is 13.5.